The SMILES string of the molecule is CCCCNC(=O)CN(CCCN)c1cccc(C)c1. The Morgan fingerprint density at radius 1 is 1.35 bits per heavy atom. The summed E-state index contributed by atoms with van der Waals surface area (Å²) in [5, 5.41) is 2.96. The van der Waals surface area contributed by atoms with E-state index >= 15 is 0 Å². The molecule has 0 aliphatic rings. The molecular weight excluding hydrogens is 250 g/mol. The van der Waals surface area contributed by atoms with Gasteiger partial charge in [-0.3, -0.25) is 4.79 Å². The van der Waals surface area contributed by atoms with E-state index in [0.29, 0.717) is 13.1 Å². The molecule has 4 heteroatoms. The van der Waals surface area contributed by atoms with E-state index in [1.54, 1.807) is 0 Å². The molecule has 0 aliphatic carbocycles. The van der Waals surface area contributed by atoms with Gasteiger partial charge in [0.05, 0.1) is 6.54 Å². The molecule has 0 aliphatic heterocycles. The van der Waals surface area contributed by atoms with Gasteiger partial charge in [-0.05, 0) is 44.0 Å². The van der Waals surface area contributed by atoms with Crippen molar-refractivity contribution in [1.82, 2.24) is 5.32 Å². The maximum atomic E-state index is 12.0. The minimum Gasteiger partial charge on any atom is -0.362 e. The quantitative estimate of drug-likeness (QED) is 0.679. The molecule has 0 bridgehead atoms. The van der Waals surface area contributed by atoms with Crippen LogP contribution in [0.25, 0.3) is 0 Å². The van der Waals surface area contributed by atoms with Crippen molar-refractivity contribution in [2.75, 3.05) is 31.1 Å². The molecule has 0 unspecified atom stereocenters. The highest BCUT2D eigenvalue weighted by molar-refractivity contribution is 5.81. The fraction of sp³-hybridized carbons (Fsp3) is 0.562. The number of nitrogens with two attached hydrogens (primary N) is 1. The van der Waals surface area contributed by atoms with Crippen LogP contribution in [0.4, 0.5) is 5.69 Å². The highest BCUT2D eigenvalue weighted by Crippen LogP contribution is 2.15. The predicted octanol–water partition coefficient (Wildman–Crippen LogP) is 2.07. The van der Waals surface area contributed by atoms with Gasteiger partial charge < -0.3 is 16.0 Å². The standard InChI is InChI=1S/C16H27N3O/c1-3-4-10-18-16(20)13-19(11-6-9-17)15-8-5-7-14(2)12-15/h5,7-8,12H,3-4,6,9-11,13,17H2,1-2H3,(H,18,20). The molecule has 0 heterocycles. The Hall–Kier alpha value is -1.55. The second-order valence-electron chi connectivity index (χ2n) is 5.11. The Balaban J connectivity index is 2.62. The van der Waals surface area contributed by atoms with Crippen LogP contribution in [0.5, 0.6) is 0 Å². The number of benzene rings is 1. The summed E-state index contributed by atoms with van der Waals surface area (Å²) in [6.07, 6.45) is 3.00. The molecule has 1 rings (SSSR count). The van der Waals surface area contributed by atoms with Crippen LogP contribution in [-0.2, 0) is 4.79 Å². The minimum atomic E-state index is 0.0805. The second kappa shape index (κ2) is 9.37. The van der Waals surface area contributed by atoms with Crippen molar-refractivity contribution in [2.45, 2.75) is 33.1 Å². The molecule has 0 atom stereocenters. The number of rotatable bonds is 9. The van der Waals surface area contributed by atoms with Gasteiger partial charge >= 0.3 is 0 Å². The zero-order valence-corrected chi connectivity index (χ0v) is 12.7. The maximum absolute atomic E-state index is 12.0. The van der Waals surface area contributed by atoms with Crippen molar-refractivity contribution in [3.05, 3.63) is 29.8 Å². The smallest absolute Gasteiger partial charge is 0.239 e. The first kappa shape index (κ1) is 16.5. The first-order valence-electron chi connectivity index (χ1n) is 7.45. The number of nitrogens with one attached hydrogen (secondary N) is 1. The average Bonchev–Trinajstić information content (AvgIpc) is 2.43. The Bertz CT molecular complexity index is 406. The van der Waals surface area contributed by atoms with E-state index < -0.39 is 0 Å². The molecule has 0 saturated carbocycles. The van der Waals surface area contributed by atoms with Gasteiger partial charge in [0.15, 0.2) is 0 Å². The summed E-state index contributed by atoms with van der Waals surface area (Å²) in [6.45, 7) is 6.78. The Labute approximate surface area is 122 Å². The Morgan fingerprint density at radius 2 is 2.15 bits per heavy atom. The molecule has 112 valence electrons. The van der Waals surface area contributed by atoms with Crippen molar-refractivity contribution >= 4 is 11.6 Å². The molecule has 1 amide bonds. The highest BCUT2D eigenvalue weighted by Gasteiger charge is 2.11. The lowest BCUT2D eigenvalue weighted by Crippen LogP contribution is -2.38. The fourth-order valence-electron chi connectivity index (χ4n) is 2.04. The molecule has 0 saturated heterocycles. The molecule has 1 aromatic rings. The number of anilines is 1. The van der Waals surface area contributed by atoms with Crippen LogP contribution < -0.4 is 16.0 Å². The molecule has 1 aromatic carbocycles. The summed E-state index contributed by atoms with van der Waals surface area (Å²) in [5.74, 6) is 0.0805. The summed E-state index contributed by atoms with van der Waals surface area (Å²) in [7, 11) is 0. The van der Waals surface area contributed by atoms with Crippen LogP contribution >= 0.6 is 0 Å². The van der Waals surface area contributed by atoms with E-state index in [2.05, 4.69) is 36.2 Å². The number of carbonyl (C=O) groups is 1. The number of unbranched alkanes of at least 4 members (excludes halogenated alkanes) is 1. The number of carbonyl (C=O) groups excluding carboxylic acids is 1. The summed E-state index contributed by atoms with van der Waals surface area (Å²) in [6, 6.07) is 8.24. The molecule has 3 N–H and O–H groups in total. The molecule has 4 nitrogen and oxygen atoms in total. The van der Waals surface area contributed by atoms with Gasteiger partial charge in [0.25, 0.3) is 0 Å². The Morgan fingerprint density at radius 3 is 2.80 bits per heavy atom. The Kier molecular flexibility index (Phi) is 7.73. The molecule has 20 heavy (non-hydrogen) atoms. The van der Waals surface area contributed by atoms with Gasteiger partial charge in [-0.15, -0.1) is 0 Å². The van der Waals surface area contributed by atoms with E-state index in [1.807, 2.05) is 12.1 Å². The number of nitrogens with zero attached hydrogens (tertiary/aromatic N) is 1. The number of hydrogen-bond acceptors (Lipinski definition) is 3. The third kappa shape index (κ3) is 6.06. The predicted molar refractivity (Wildman–Crippen MR) is 85.0 cm³/mol. The summed E-state index contributed by atoms with van der Waals surface area (Å²) in [5.41, 5.74) is 7.87. The fourth-order valence-corrected chi connectivity index (χ4v) is 2.04. The van der Waals surface area contributed by atoms with Crippen molar-refractivity contribution < 1.29 is 4.79 Å². The topological polar surface area (TPSA) is 58.4 Å². The zero-order valence-electron chi connectivity index (χ0n) is 12.7. The number of aryl methyl sites for hydroxylation is 1. The van der Waals surface area contributed by atoms with Gasteiger partial charge in [-0.2, -0.15) is 0 Å². The van der Waals surface area contributed by atoms with Crippen LogP contribution in [0.2, 0.25) is 0 Å². The van der Waals surface area contributed by atoms with Crippen LogP contribution in [0.3, 0.4) is 0 Å². The molecule has 0 fully saturated rings. The van der Waals surface area contributed by atoms with Gasteiger partial charge in [-0.25, -0.2) is 0 Å². The van der Waals surface area contributed by atoms with Crippen LogP contribution in [0.15, 0.2) is 24.3 Å². The maximum Gasteiger partial charge on any atom is 0.239 e. The van der Waals surface area contributed by atoms with Crippen molar-refractivity contribution in [3.63, 3.8) is 0 Å². The summed E-state index contributed by atoms with van der Waals surface area (Å²) in [4.78, 5) is 14.1. The lowest BCUT2D eigenvalue weighted by molar-refractivity contribution is -0.119. The van der Waals surface area contributed by atoms with E-state index in [-0.39, 0.29) is 5.91 Å². The first-order chi connectivity index (χ1) is 9.67. The van der Waals surface area contributed by atoms with Gasteiger partial charge in [0.1, 0.15) is 0 Å². The van der Waals surface area contributed by atoms with Crippen molar-refractivity contribution in [3.8, 4) is 0 Å². The molecule has 0 aromatic heterocycles. The molecular formula is C16H27N3O. The van der Waals surface area contributed by atoms with Crippen molar-refractivity contribution in [1.29, 1.82) is 0 Å². The molecule has 0 spiro atoms. The largest absolute Gasteiger partial charge is 0.362 e. The van der Waals surface area contributed by atoms with E-state index in [4.69, 9.17) is 5.73 Å². The van der Waals surface area contributed by atoms with Crippen molar-refractivity contribution in [2.24, 2.45) is 5.73 Å². The van der Waals surface area contributed by atoms with E-state index in [1.165, 1.54) is 5.56 Å². The normalized spacial score (nSPS) is 10.3. The lowest BCUT2D eigenvalue weighted by Gasteiger charge is -2.24. The highest BCUT2D eigenvalue weighted by atomic mass is 16.2. The van der Waals surface area contributed by atoms with Gasteiger partial charge in [0, 0.05) is 18.8 Å². The van der Waals surface area contributed by atoms with Gasteiger partial charge in [0.2, 0.25) is 5.91 Å². The third-order valence-corrected chi connectivity index (χ3v) is 3.19. The average molecular weight is 277 g/mol. The van der Waals surface area contributed by atoms with E-state index in [9.17, 15) is 4.79 Å². The number of amides is 1. The first-order valence-corrected chi connectivity index (χ1v) is 7.45. The zero-order chi connectivity index (χ0) is 14.8. The van der Waals surface area contributed by atoms with Crippen LogP contribution in [0.1, 0.15) is 31.7 Å². The molecule has 0 radical (unpaired) electrons. The third-order valence-electron chi connectivity index (χ3n) is 3.19. The minimum absolute atomic E-state index is 0.0805. The monoisotopic (exact) mass is 277 g/mol. The van der Waals surface area contributed by atoms with E-state index in [0.717, 1.165) is 38.0 Å². The summed E-state index contributed by atoms with van der Waals surface area (Å²) < 4.78 is 0. The summed E-state index contributed by atoms with van der Waals surface area (Å²) >= 11 is 0. The lowest BCUT2D eigenvalue weighted by atomic mass is 10.2. The second-order valence-corrected chi connectivity index (χ2v) is 5.11. The van der Waals surface area contributed by atoms with Gasteiger partial charge in [-0.1, -0.05) is 25.5 Å². The number of hydrogen-bond donors (Lipinski definition) is 2. The van der Waals surface area contributed by atoms with Crippen LogP contribution in [0, 0.1) is 6.92 Å². The van der Waals surface area contributed by atoms with Crippen LogP contribution in [-0.4, -0.2) is 32.1 Å².